The van der Waals surface area contributed by atoms with Gasteiger partial charge in [-0.1, -0.05) is 121 Å². The van der Waals surface area contributed by atoms with Crippen LogP contribution in [-0.4, -0.2) is 25.7 Å². The Labute approximate surface area is 212 Å². The second-order valence-electron chi connectivity index (χ2n) is 9.70. The van der Waals surface area contributed by atoms with E-state index in [0.717, 1.165) is 33.4 Å². The maximum absolute atomic E-state index is 15.2. The van der Waals surface area contributed by atoms with Gasteiger partial charge in [0.25, 0.3) is 0 Å². The van der Waals surface area contributed by atoms with E-state index < -0.39 is 20.7 Å². The fourth-order valence-electron chi connectivity index (χ4n) is 6.32. The van der Waals surface area contributed by atoms with Crippen LogP contribution in [0.1, 0.15) is 28.7 Å². The van der Waals surface area contributed by atoms with Gasteiger partial charge in [0.1, 0.15) is 0 Å². The Bertz CT molecular complexity index is 1560. The van der Waals surface area contributed by atoms with Gasteiger partial charge in [0.15, 0.2) is 15.6 Å². The molecule has 4 aromatic carbocycles. The predicted octanol–water partition coefficient (Wildman–Crippen LogP) is 5.87. The van der Waals surface area contributed by atoms with Gasteiger partial charge >= 0.3 is 0 Å². The predicted molar refractivity (Wildman–Crippen MR) is 144 cm³/mol. The van der Waals surface area contributed by atoms with Crippen molar-refractivity contribution in [2.45, 2.75) is 17.3 Å². The Hall–Kier alpha value is -3.76. The summed E-state index contributed by atoms with van der Waals surface area (Å²) in [6.45, 7) is 0. The first-order chi connectivity index (χ1) is 17.5. The summed E-state index contributed by atoms with van der Waals surface area (Å²) in [6.07, 6.45) is 0.216. The van der Waals surface area contributed by atoms with Crippen molar-refractivity contribution >= 4 is 26.8 Å². The van der Waals surface area contributed by atoms with Gasteiger partial charge in [0.2, 0.25) is 0 Å². The first-order valence-electron chi connectivity index (χ1n) is 12.2. The summed E-state index contributed by atoms with van der Waals surface area (Å²) in [6, 6.07) is 39.1. The van der Waals surface area contributed by atoms with Crippen LogP contribution < -0.4 is 0 Å². The van der Waals surface area contributed by atoms with Crippen molar-refractivity contribution in [1.29, 1.82) is 0 Å². The molecule has 0 N–H and O–H groups in total. The number of hydrogen-bond acceptors (Lipinski definition) is 3. The minimum absolute atomic E-state index is 0.0411. The highest BCUT2D eigenvalue weighted by molar-refractivity contribution is 7.91. The topological polar surface area (TPSA) is 51.2 Å². The summed E-state index contributed by atoms with van der Waals surface area (Å²) in [4.78, 5) is 15.2. The normalized spacial score (nSPS) is 24.9. The average Bonchev–Trinajstić information content (AvgIpc) is 3.09. The molecule has 6 rings (SSSR count). The number of hydrogen-bond donors (Lipinski definition) is 0. The standard InChI is InChI=1S/C32H26O3S/c33-30-31(26-17-9-3-10-18-26)21-22-36(34,35)23-32(30,27-19-11-4-12-20-27)29(25-15-7-2-8-16-25)28(31)24-13-5-1-6-14-24/h1-20H,21-23H2. The number of ketones is 1. The highest BCUT2D eigenvalue weighted by Crippen LogP contribution is 2.62. The van der Waals surface area contributed by atoms with Gasteiger partial charge in [-0.05, 0) is 39.8 Å². The Balaban J connectivity index is 1.85. The number of fused-ring (bicyclic) bond motifs is 2. The van der Waals surface area contributed by atoms with Crippen LogP contribution in [0.2, 0.25) is 0 Å². The molecule has 1 heterocycles. The molecule has 0 spiro atoms. The molecule has 0 aromatic heterocycles. The second-order valence-corrected chi connectivity index (χ2v) is 11.9. The van der Waals surface area contributed by atoms with Crippen molar-refractivity contribution in [1.82, 2.24) is 0 Å². The van der Waals surface area contributed by atoms with Gasteiger partial charge < -0.3 is 0 Å². The number of sulfone groups is 1. The lowest BCUT2D eigenvalue weighted by Gasteiger charge is -2.33. The second kappa shape index (κ2) is 8.42. The molecule has 178 valence electrons. The molecular formula is C32H26O3S. The monoisotopic (exact) mass is 490 g/mol. The molecule has 0 saturated carbocycles. The Morgan fingerprint density at radius 2 is 0.917 bits per heavy atom. The molecule has 1 aliphatic carbocycles. The summed E-state index contributed by atoms with van der Waals surface area (Å²) >= 11 is 0. The van der Waals surface area contributed by atoms with Gasteiger partial charge in [0.05, 0.1) is 22.3 Å². The van der Waals surface area contributed by atoms with Crippen LogP contribution in [0.3, 0.4) is 0 Å². The van der Waals surface area contributed by atoms with Crippen molar-refractivity contribution in [3.8, 4) is 0 Å². The highest BCUT2D eigenvalue weighted by Gasteiger charge is 2.65. The number of rotatable bonds is 4. The zero-order valence-electron chi connectivity index (χ0n) is 19.8. The third-order valence-electron chi connectivity index (χ3n) is 7.76. The molecule has 2 atom stereocenters. The molecule has 2 aliphatic rings. The molecule has 1 saturated heterocycles. The summed E-state index contributed by atoms with van der Waals surface area (Å²) in [5, 5.41) is 0. The van der Waals surface area contributed by atoms with E-state index in [4.69, 9.17) is 0 Å². The van der Waals surface area contributed by atoms with Crippen molar-refractivity contribution in [2.24, 2.45) is 0 Å². The van der Waals surface area contributed by atoms with Crippen LogP contribution in [-0.2, 0) is 25.5 Å². The molecule has 36 heavy (non-hydrogen) atoms. The molecule has 2 bridgehead atoms. The fraction of sp³-hybridized carbons (Fsp3) is 0.156. The first kappa shape index (κ1) is 22.7. The van der Waals surface area contributed by atoms with Crippen LogP contribution in [0.15, 0.2) is 121 Å². The SMILES string of the molecule is O=C1C2(c3ccccc3)CCS(=O)(=O)CC1(c1ccccc1)C(c1ccccc1)=C2c1ccccc1. The molecule has 0 radical (unpaired) electrons. The number of carbonyl (C=O) groups excluding carboxylic acids is 1. The van der Waals surface area contributed by atoms with E-state index in [2.05, 4.69) is 0 Å². The molecule has 2 unspecified atom stereocenters. The van der Waals surface area contributed by atoms with Gasteiger partial charge in [-0.25, -0.2) is 8.42 Å². The summed E-state index contributed by atoms with van der Waals surface area (Å²) in [5.74, 6) is -0.329. The van der Waals surface area contributed by atoms with Crippen molar-refractivity contribution in [2.75, 3.05) is 11.5 Å². The van der Waals surface area contributed by atoms with E-state index >= 15 is 4.79 Å². The maximum Gasteiger partial charge on any atom is 0.163 e. The van der Waals surface area contributed by atoms with E-state index in [0.29, 0.717) is 0 Å². The minimum Gasteiger partial charge on any atom is -0.297 e. The van der Waals surface area contributed by atoms with Gasteiger partial charge in [-0.3, -0.25) is 4.79 Å². The van der Waals surface area contributed by atoms with Crippen LogP contribution in [0.5, 0.6) is 0 Å². The largest absolute Gasteiger partial charge is 0.297 e. The molecule has 1 aliphatic heterocycles. The quantitative estimate of drug-likeness (QED) is 0.359. The van der Waals surface area contributed by atoms with Gasteiger partial charge in [-0.15, -0.1) is 0 Å². The third kappa shape index (κ3) is 3.25. The minimum atomic E-state index is -3.54. The average molecular weight is 491 g/mol. The van der Waals surface area contributed by atoms with E-state index in [1.54, 1.807) is 0 Å². The van der Waals surface area contributed by atoms with E-state index in [1.165, 1.54) is 0 Å². The summed E-state index contributed by atoms with van der Waals surface area (Å²) in [5.41, 5.74) is 2.71. The maximum atomic E-state index is 15.2. The van der Waals surface area contributed by atoms with E-state index in [1.807, 2.05) is 121 Å². The smallest absolute Gasteiger partial charge is 0.163 e. The van der Waals surface area contributed by atoms with Crippen molar-refractivity contribution in [3.63, 3.8) is 0 Å². The molecule has 1 fully saturated rings. The lowest BCUT2D eigenvalue weighted by atomic mass is 9.66. The molecule has 0 amide bonds. The zero-order valence-corrected chi connectivity index (χ0v) is 20.6. The number of benzene rings is 4. The van der Waals surface area contributed by atoms with Gasteiger partial charge in [-0.2, -0.15) is 0 Å². The first-order valence-corrected chi connectivity index (χ1v) is 14.0. The number of allylic oxidation sites excluding steroid dienone is 2. The lowest BCUT2D eigenvalue weighted by molar-refractivity contribution is -0.124. The molecule has 3 nitrogen and oxygen atoms in total. The van der Waals surface area contributed by atoms with Crippen LogP contribution in [0, 0.1) is 0 Å². The molecular weight excluding hydrogens is 464 g/mol. The summed E-state index contributed by atoms with van der Waals surface area (Å²) < 4.78 is 27.2. The van der Waals surface area contributed by atoms with E-state index in [-0.39, 0.29) is 23.7 Å². The van der Waals surface area contributed by atoms with Crippen molar-refractivity contribution in [3.05, 3.63) is 144 Å². The van der Waals surface area contributed by atoms with E-state index in [9.17, 15) is 8.42 Å². The number of carbonyl (C=O) groups is 1. The van der Waals surface area contributed by atoms with Crippen molar-refractivity contribution < 1.29 is 13.2 Å². The molecule has 4 aromatic rings. The fourth-order valence-corrected chi connectivity index (χ4v) is 8.18. The zero-order chi connectivity index (χ0) is 24.8. The molecule has 4 heteroatoms. The Morgan fingerprint density at radius 3 is 1.39 bits per heavy atom. The van der Waals surface area contributed by atoms with Crippen LogP contribution >= 0.6 is 0 Å². The third-order valence-corrected chi connectivity index (χ3v) is 9.46. The summed E-state index contributed by atoms with van der Waals surface area (Å²) in [7, 11) is -3.54. The van der Waals surface area contributed by atoms with Crippen LogP contribution in [0.25, 0.3) is 11.1 Å². The number of Topliss-reactive ketones (excluding diaryl/α,β-unsaturated/α-hetero) is 1. The lowest BCUT2D eigenvalue weighted by Crippen LogP contribution is -2.45. The van der Waals surface area contributed by atoms with Crippen LogP contribution in [0.4, 0.5) is 0 Å². The highest BCUT2D eigenvalue weighted by atomic mass is 32.2. The Kier molecular flexibility index (Phi) is 5.31. The Morgan fingerprint density at radius 1 is 0.528 bits per heavy atom. The van der Waals surface area contributed by atoms with Gasteiger partial charge in [0, 0.05) is 0 Å².